The fourth-order valence-electron chi connectivity index (χ4n) is 1.08. The van der Waals surface area contributed by atoms with E-state index in [1.807, 2.05) is 0 Å². The Morgan fingerprint density at radius 3 is 2.42 bits per heavy atom. The highest BCUT2D eigenvalue weighted by Gasteiger charge is 1.99. The van der Waals surface area contributed by atoms with Gasteiger partial charge in [-0.15, -0.1) is 0 Å². The van der Waals surface area contributed by atoms with Crippen LogP contribution >= 0.6 is 0 Å². The molecule has 0 N–H and O–H groups in total. The van der Waals surface area contributed by atoms with Crippen molar-refractivity contribution in [1.82, 2.24) is 0 Å². The van der Waals surface area contributed by atoms with Gasteiger partial charge in [-0.25, -0.2) is 0 Å². The van der Waals surface area contributed by atoms with Gasteiger partial charge in [0.2, 0.25) is 0 Å². The van der Waals surface area contributed by atoms with Gasteiger partial charge in [0.1, 0.15) is 6.29 Å². The molecule has 0 aliphatic heterocycles. The van der Waals surface area contributed by atoms with Gasteiger partial charge in [0.15, 0.2) is 0 Å². The van der Waals surface area contributed by atoms with Crippen LogP contribution in [-0.2, 0) is 4.79 Å². The van der Waals surface area contributed by atoms with Gasteiger partial charge in [-0.1, -0.05) is 39.7 Å². The van der Waals surface area contributed by atoms with Crippen LogP contribution in [0, 0.1) is 5.92 Å². The first kappa shape index (κ1) is 11.4. The van der Waals surface area contributed by atoms with E-state index < -0.39 is 0 Å². The van der Waals surface area contributed by atoms with Gasteiger partial charge in [0, 0.05) is 0 Å². The molecule has 0 atom stereocenters. The van der Waals surface area contributed by atoms with Crippen LogP contribution in [-0.4, -0.2) is 6.29 Å². The highest BCUT2D eigenvalue weighted by molar-refractivity contribution is 5.73. The summed E-state index contributed by atoms with van der Waals surface area (Å²) in [4.78, 5) is 10.5. The molecular formula is C11H20O. The third-order valence-corrected chi connectivity index (χ3v) is 1.99. The SMILES string of the molecule is CCCCCC=C(C=O)C(C)C. The van der Waals surface area contributed by atoms with Gasteiger partial charge < -0.3 is 0 Å². The number of carbonyl (C=O) groups is 1. The van der Waals surface area contributed by atoms with E-state index in [4.69, 9.17) is 0 Å². The number of unbranched alkanes of at least 4 members (excludes halogenated alkanes) is 3. The average molecular weight is 168 g/mol. The minimum absolute atomic E-state index is 0.379. The van der Waals surface area contributed by atoms with Crippen LogP contribution in [0.3, 0.4) is 0 Å². The molecule has 0 aromatic rings. The predicted molar refractivity (Wildman–Crippen MR) is 53.1 cm³/mol. The Kier molecular flexibility index (Phi) is 6.73. The maximum atomic E-state index is 10.5. The molecule has 1 heteroatoms. The topological polar surface area (TPSA) is 17.1 Å². The van der Waals surface area contributed by atoms with E-state index in [1.165, 1.54) is 19.3 Å². The van der Waals surface area contributed by atoms with E-state index in [-0.39, 0.29) is 0 Å². The second kappa shape index (κ2) is 7.08. The second-order valence-electron chi connectivity index (χ2n) is 3.47. The van der Waals surface area contributed by atoms with Gasteiger partial charge in [-0.2, -0.15) is 0 Å². The Bertz CT molecular complexity index is 145. The highest BCUT2D eigenvalue weighted by atomic mass is 16.1. The molecule has 0 fully saturated rings. The summed E-state index contributed by atoms with van der Waals surface area (Å²) in [6, 6.07) is 0. The van der Waals surface area contributed by atoms with Crippen molar-refractivity contribution < 1.29 is 4.79 Å². The Balaban J connectivity index is 3.71. The molecule has 0 unspecified atom stereocenters. The predicted octanol–water partition coefficient (Wildman–Crippen LogP) is 3.35. The van der Waals surface area contributed by atoms with Crippen LogP contribution in [0.1, 0.15) is 46.5 Å². The molecule has 12 heavy (non-hydrogen) atoms. The standard InChI is InChI=1S/C11H20O/c1-4-5-6-7-8-11(9-12)10(2)3/h8-10H,4-7H2,1-3H3. The molecule has 0 aliphatic rings. The van der Waals surface area contributed by atoms with Crippen LogP contribution in [0.4, 0.5) is 0 Å². The highest BCUT2D eigenvalue weighted by Crippen LogP contribution is 2.09. The van der Waals surface area contributed by atoms with Crippen LogP contribution in [0.2, 0.25) is 0 Å². The Morgan fingerprint density at radius 1 is 1.33 bits per heavy atom. The second-order valence-corrected chi connectivity index (χ2v) is 3.47. The van der Waals surface area contributed by atoms with Gasteiger partial charge in [-0.05, 0) is 24.3 Å². The summed E-state index contributed by atoms with van der Waals surface area (Å²) in [5.74, 6) is 0.379. The summed E-state index contributed by atoms with van der Waals surface area (Å²) in [7, 11) is 0. The Labute approximate surface area is 75.9 Å². The minimum atomic E-state index is 0.379. The average Bonchev–Trinajstić information content (AvgIpc) is 2.04. The third-order valence-electron chi connectivity index (χ3n) is 1.99. The van der Waals surface area contributed by atoms with Crippen molar-refractivity contribution in [3.63, 3.8) is 0 Å². The molecule has 0 aromatic carbocycles. The van der Waals surface area contributed by atoms with Crippen molar-refractivity contribution in [2.45, 2.75) is 46.5 Å². The summed E-state index contributed by atoms with van der Waals surface area (Å²) >= 11 is 0. The monoisotopic (exact) mass is 168 g/mol. The first-order valence-corrected chi connectivity index (χ1v) is 4.87. The molecule has 70 valence electrons. The lowest BCUT2D eigenvalue weighted by atomic mass is 10.0. The minimum Gasteiger partial charge on any atom is -0.298 e. The molecule has 0 saturated carbocycles. The van der Waals surface area contributed by atoms with Crippen LogP contribution in [0.15, 0.2) is 11.6 Å². The molecule has 0 radical (unpaired) electrons. The van der Waals surface area contributed by atoms with Crippen molar-refractivity contribution in [1.29, 1.82) is 0 Å². The number of hydrogen-bond acceptors (Lipinski definition) is 1. The maximum absolute atomic E-state index is 10.5. The summed E-state index contributed by atoms with van der Waals surface area (Å²) in [5.41, 5.74) is 0.950. The lowest BCUT2D eigenvalue weighted by Gasteiger charge is -2.02. The quantitative estimate of drug-likeness (QED) is 0.338. The number of aldehydes is 1. The largest absolute Gasteiger partial charge is 0.298 e. The van der Waals surface area contributed by atoms with Gasteiger partial charge >= 0.3 is 0 Å². The summed E-state index contributed by atoms with van der Waals surface area (Å²) in [6.45, 7) is 6.30. The van der Waals surface area contributed by atoms with E-state index in [0.29, 0.717) is 5.92 Å². The number of allylic oxidation sites excluding steroid dienone is 2. The molecule has 0 saturated heterocycles. The number of rotatable bonds is 6. The smallest absolute Gasteiger partial charge is 0.145 e. The van der Waals surface area contributed by atoms with Crippen molar-refractivity contribution in [2.24, 2.45) is 5.92 Å². The molecule has 0 aliphatic carbocycles. The molecule has 1 nitrogen and oxygen atoms in total. The molecular weight excluding hydrogens is 148 g/mol. The fourth-order valence-corrected chi connectivity index (χ4v) is 1.08. The van der Waals surface area contributed by atoms with Crippen LogP contribution < -0.4 is 0 Å². The Morgan fingerprint density at radius 2 is 2.00 bits per heavy atom. The summed E-state index contributed by atoms with van der Waals surface area (Å²) in [6.07, 6.45) is 7.83. The van der Waals surface area contributed by atoms with Crippen molar-refractivity contribution in [2.75, 3.05) is 0 Å². The lowest BCUT2D eigenvalue weighted by molar-refractivity contribution is -0.105. The van der Waals surface area contributed by atoms with Gasteiger partial charge in [-0.3, -0.25) is 4.79 Å². The van der Waals surface area contributed by atoms with E-state index >= 15 is 0 Å². The van der Waals surface area contributed by atoms with Gasteiger partial charge in [0.05, 0.1) is 0 Å². The zero-order chi connectivity index (χ0) is 9.40. The normalized spacial score (nSPS) is 12.2. The maximum Gasteiger partial charge on any atom is 0.145 e. The zero-order valence-corrected chi connectivity index (χ0v) is 8.47. The summed E-state index contributed by atoms with van der Waals surface area (Å²) in [5, 5.41) is 0. The molecule has 0 amide bonds. The molecule has 0 spiro atoms. The lowest BCUT2D eigenvalue weighted by Crippen LogP contribution is -1.94. The summed E-state index contributed by atoms with van der Waals surface area (Å²) < 4.78 is 0. The first-order valence-electron chi connectivity index (χ1n) is 4.87. The molecule has 0 bridgehead atoms. The van der Waals surface area contributed by atoms with E-state index in [9.17, 15) is 4.79 Å². The van der Waals surface area contributed by atoms with Crippen LogP contribution in [0.25, 0.3) is 0 Å². The van der Waals surface area contributed by atoms with Crippen LogP contribution in [0.5, 0.6) is 0 Å². The fraction of sp³-hybridized carbons (Fsp3) is 0.727. The number of carbonyl (C=O) groups excluding carboxylic acids is 1. The van der Waals surface area contributed by atoms with E-state index in [1.54, 1.807) is 0 Å². The van der Waals surface area contributed by atoms with Crippen molar-refractivity contribution >= 4 is 6.29 Å². The molecule has 0 aromatic heterocycles. The Hall–Kier alpha value is -0.590. The van der Waals surface area contributed by atoms with Crippen molar-refractivity contribution in [3.05, 3.63) is 11.6 Å². The van der Waals surface area contributed by atoms with Crippen molar-refractivity contribution in [3.8, 4) is 0 Å². The zero-order valence-electron chi connectivity index (χ0n) is 8.47. The number of hydrogen-bond donors (Lipinski definition) is 0. The van der Waals surface area contributed by atoms with Gasteiger partial charge in [0.25, 0.3) is 0 Å². The van der Waals surface area contributed by atoms with E-state index in [2.05, 4.69) is 26.8 Å². The van der Waals surface area contributed by atoms with E-state index in [0.717, 1.165) is 18.3 Å². The third kappa shape index (κ3) is 5.11. The molecule has 0 rings (SSSR count). The molecule has 0 heterocycles. The first-order chi connectivity index (χ1) is 5.72.